The Morgan fingerprint density at radius 3 is 2.60 bits per heavy atom. The summed E-state index contributed by atoms with van der Waals surface area (Å²) in [4.78, 5) is 9.63. The van der Waals surface area contributed by atoms with Gasteiger partial charge in [-0.05, 0) is 43.0 Å². The third-order valence-electron chi connectivity index (χ3n) is 6.32. The van der Waals surface area contributed by atoms with Crippen LogP contribution in [0.25, 0.3) is 16.7 Å². The minimum Gasteiger partial charge on any atom is -0.395 e. The summed E-state index contributed by atoms with van der Waals surface area (Å²) in [7, 11) is 0. The number of hydrogen-bond acceptors (Lipinski definition) is 5. The molecular weight excluding hydrogens is 374 g/mol. The zero-order valence-electron chi connectivity index (χ0n) is 18.1. The van der Waals surface area contributed by atoms with Gasteiger partial charge in [0.1, 0.15) is 11.9 Å². The highest BCUT2D eigenvalue weighted by Crippen LogP contribution is 2.34. The van der Waals surface area contributed by atoms with Crippen molar-refractivity contribution in [1.82, 2.24) is 14.3 Å². The quantitative estimate of drug-likeness (QED) is 0.609. The Hall–Kier alpha value is -2.62. The first-order valence-corrected chi connectivity index (χ1v) is 11.1. The smallest absolute Gasteiger partial charge is 0.157 e. The molecule has 1 aliphatic heterocycles. The Labute approximate surface area is 178 Å². The first-order valence-electron chi connectivity index (χ1n) is 11.1. The second kappa shape index (κ2) is 9.03. The summed E-state index contributed by atoms with van der Waals surface area (Å²) in [5, 5.41) is 19.3. The predicted octanol–water partition coefficient (Wildman–Crippen LogP) is 3.51. The molecule has 1 saturated heterocycles. The van der Waals surface area contributed by atoms with Crippen molar-refractivity contribution in [2.24, 2.45) is 0 Å². The molecule has 1 fully saturated rings. The Morgan fingerprint density at radius 2 is 1.90 bits per heavy atom. The maximum absolute atomic E-state index is 9.99. The lowest BCUT2D eigenvalue weighted by Gasteiger charge is -2.37. The van der Waals surface area contributed by atoms with Crippen molar-refractivity contribution in [1.29, 1.82) is 5.26 Å². The number of nitriles is 1. The lowest BCUT2D eigenvalue weighted by atomic mass is 9.98. The van der Waals surface area contributed by atoms with Crippen LogP contribution in [0.3, 0.4) is 0 Å². The SMILES string of the molecule is CCCCCc1c(C)c(C#N)c2nc3ccccc3n2c1N1CCN(CCO)CC1. The van der Waals surface area contributed by atoms with E-state index in [4.69, 9.17) is 4.98 Å². The fourth-order valence-electron chi connectivity index (χ4n) is 4.67. The van der Waals surface area contributed by atoms with E-state index in [1.54, 1.807) is 0 Å². The van der Waals surface area contributed by atoms with Crippen molar-refractivity contribution in [3.63, 3.8) is 0 Å². The summed E-state index contributed by atoms with van der Waals surface area (Å²) in [6.07, 6.45) is 4.46. The molecule has 6 nitrogen and oxygen atoms in total. The molecule has 30 heavy (non-hydrogen) atoms. The number of anilines is 1. The van der Waals surface area contributed by atoms with Gasteiger partial charge in [0.2, 0.25) is 0 Å². The summed E-state index contributed by atoms with van der Waals surface area (Å²) in [6, 6.07) is 10.6. The summed E-state index contributed by atoms with van der Waals surface area (Å²) in [5.74, 6) is 1.20. The molecule has 158 valence electrons. The fraction of sp³-hybridized carbons (Fsp3) is 0.500. The predicted molar refractivity (Wildman–Crippen MR) is 121 cm³/mol. The summed E-state index contributed by atoms with van der Waals surface area (Å²) in [6.45, 7) is 8.93. The van der Waals surface area contributed by atoms with Crippen LogP contribution in [-0.2, 0) is 6.42 Å². The summed E-state index contributed by atoms with van der Waals surface area (Å²) >= 11 is 0. The van der Waals surface area contributed by atoms with Crippen molar-refractivity contribution in [2.75, 3.05) is 44.2 Å². The second-order valence-corrected chi connectivity index (χ2v) is 8.18. The Kier molecular flexibility index (Phi) is 6.21. The van der Waals surface area contributed by atoms with Gasteiger partial charge in [-0.2, -0.15) is 5.26 Å². The van der Waals surface area contributed by atoms with E-state index in [0.29, 0.717) is 5.56 Å². The minimum atomic E-state index is 0.203. The van der Waals surface area contributed by atoms with Crippen molar-refractivity contribution in [3.05, 3.63) is 41.0 Å². The number of benzene rings is 1. The van der Waals surface area contributed by atoms with Crippen LogP contribution in [0.15, 0.2) is 24.3 Å². The van der Waals surface area contributed by atoms with E-state index in [-0.39, 0.29) is 6.61 Å². The van der Waals surface area contributed by atoms with Gasteiger partial charge in [0.15, 0.2) is 5.65 Å². The maximum atomic E-state index is 9.99. The highest BCUT2D eigenvalue weighted by atomic mass is 16.3. The van der Waals surface area contributed by atoms with Crippen molar-refractivity contribution in [2.45, 2.75) is 39.5 Å². The van der Waals surface area contributed by atoms with E-state index < -0.39 is 0 Å². The van der Waals surface area contributed by atoms with Gasteiger partial charge in [0.25, 0.3) is 0 Å². The van der Waals surface area contributed by atoms with Gasteiger partial charge in [-0.25, -0.2) is 4.98 Å². The Bertz CT molecular complexity index is 1070. The normalized spacial score (nSPS) is 15.2. The van der Waals surface area contributed by atoms with Crippen molar-refractivity contribution in [3.8, 4) is 6.07 Å². The molecule has 0 aliphatic carbocycles. The van der Waals surface area contributed by atoms with Gasteiger partial charge in [-0.3, -0.25) is 9.30 Å². The van der Waals surface area contributed by atoms with Crippen LogP contribution in [-0.4, -0.2) is 58.7 Å². The Balaban J connectivity index is 1.91. The summed E-state index contributed by atoms with van der Waals surface area (Å²) in [5.41, 5.74) is 5.81. The molecule has 0 amide bonds. The van der Waals surface area contributed by atoms with Crippen LogP contribution in [0.1, 0.15) is 42.9 Å². The van der Waals surface area contributed by atoms with Crippen LogP contribution in [0, 0.1) is 18.3 Å². The molecule has 6 heteroatoms. The number of para-hydroxylation sites is 2. The number of rotatable bonds is 7. The van der Waals surface area contributed by atoms with Gasteiger partial charge in [-0.1, -0.05) is 31.9 Å². The van der Waals surface area contributed by atoms with Gasteiger partial charge in [0.05, 0.1) is 23.2 Å². The van der Waals surface area contributed by atoms with Gasteiger partial charge >= 0.3 is 0 Å². The number of pyridine rings is 1. The Morgan fingerprint density at radius 1 is 1.13 bits per heavy atom. The van der Waals surface area contributed by atoms with Crippen LogP contribution in [0.4, 0.5) is 5.82 Å². The number of aliphatic hydroxyl groups excluding tert-OH is 1. The average Bonchev–Trinajstić information content (AvgIpc) is 3.14. The molecule has 0 saturated carbocycles. The number of unbranched alkanes of at least 4 members (excludes halogenated alkanes) is 2. The van der Waals surface area contributed by atoms with Crippen molar-refractivity contribution < 1.29 is 5.11 Å². The average molecular weight is 406 g/mol. The summed E-state index contributed by atoms with van der Waals surface area (Å²) < 4.78 is 2.23. The molecule has 0 bridgehead atoms. The zero-order valence-corrected chi connectivity index (χ0v) is 18.1. The first-order chi connectivity index (χ1) is 14.7. The van der Waals surface area contributed by atoms with Gasteiger partial charge in [-0.15, -0.1) is 0 Å². The van der Waals surface area contributed by atoms with Crippen LogP contribution in [0.2, 0.25) is 0 Å². The zero-order chi connectivity index (χ0) is 21.1. The first kappa shape index (κ1) is 20.6. The standard InChI is InChI=1S/C24H31N5O/c1-3-4-5-8-19-18(2)20(17-25)23-26-21-9-6-7-10-22(21)29(23)24(19)28-13-11-27(12-14-28)15-16-30/h6-7,9-10,30H,3-5,8,11-16H2,1-2H3. The maximum Gasteiger partial charge on any atom is 0.157 e. The van der Waals surface area contributed by atoms with E-state index >= 15 is 0 Å². The van der Waals surface area contributed by atoms with Crippen LogP contribution in [0.5, 0.6) is 0 Å². The van der Waals surface area contributed by atoms with E-state index in [1.807, 2.05) is 18.2 Å². The van der Waals surface area contributed by atoms with Crippen LogP contribution >= 0.6 is 0 Å². The number of aromatic nitrogens is 2. The van der Waals surface area contributed by atoms with E-state index in [2.05, 4.69) is 40.2 Å². The number of fused-ring (bicyclic) bond motifs is 3. The van der Waals surface area contributed by atoms with E-state index in [1.165, 1.54) is 24.2 Å². The highest BCUT2D eigenvalue weighted by Gasteiger charge is 2.26. The third-order valence-corrected chi connectivity index (χ3v) is 6.32. The number of β-amino-alcohol motifs (C(OH)–C–C–N with tert-alkyl or cyclic N) is 1. The number of aliphatic hydroxyl groups is 1. The molecule has 1 N–H and O–H groups in total. The molecule has 0 atom stereocenters. The molecule has 0 unspecified atom stereocenters. The molecule has 1 aliphatic rings. The monoisotopic (exact) mass is 405 g/mol. The van der Waals surface area contributed by atoms with Gasteiger partial charge < -0.3 is 10.0 Å². The molecule has 3 aromatic rings. The largest absolute Gasteiger partial charge is 0.395 e. The van der Waals surface area contributed by atoms with E-state index in [9.17, 15) is 10.4 Å². The molecule has 0 radical (unpaired) electrons. The number of nitrogens with zero attached hydrogens (tertiary/aromatic N) is 5. The number of hydrogen-bond donors (Lipinski definition) is 1. The van der Waals surface area contributed by atoms with Crippen molar-refractivity contribution >= 4 is 22.5 Å². The highest BCUT2D eigenvalue weighted by molar-refractivity contribution is 5.86. The fourth-order valence-corrected chi connectivity index (χ4v) is 4.67. The van der Waals surface area contributed by atoms with Gasteiger partial charge in [0, 0.05) is 32.7 Å². The molecule has 0 spiro atoms. The molecule has 1 aromatic carbocycles. The number of piperazine rings is 1. The molecule has 3 heterocycles. The topological polar surface area (TPSA) is 67.8 Å². The third kappa shape index (κ3) is 3.64. The second-order valence-electron chi connectivity index (χ2n) is 8.18. The lowest BCUT2D eigenvalue weighted by molar-refractivity contribution is 0.188. The number of imidazole rings is 1. The molecule has 4 rings (SSSR count). The van der Waals surface area contributed by atoms with E-state index in [0.717, 1.165) is 67.8 Å². The molecule has 2 aromatic heterocycles. The molecular formula is C24H31N5O. The van der Waals surface area contributed by atoms with Crippen LogP contribution < -0.4 is 4.90 Å². The minimum absolute atomic E-state index is 0.203. The lowest BCUT2D eigenvalue weighted by Crippen LogP contribution is -2.48.